The van der Waals surface area contributed by atoms with Crippen LogP contribution in [0.3, 0.4) is 0 Å². The van der Waals surface area contributed by atoms with E-state index in [9.17, 15) is 0 Å². The summed E-state index contributed by atoms with van der Waals surface area (Å²) in [4.78, 5) is 0. The van der Waals surface area contributed by atoms with Crippen molar-refractivity contribution in [3.63, 3.8) is 0 Å². The number of rotatable bonds is 4. The highest BCUT2D eigenvalue weighted by Crippen LogP contribution is 2.20. The van der Waals surface area contributed by atoms with Crippen molar-refractivity contribution in [2.24, 2.45) is 0 Å². The molecule has 19 heavy (non-hydrogen) atoms. The molecule has 5 nitrogen and oxygen atoms in total. The van der Waals surface area contributed by atoms with Crippen LogP contribution in [0.4, 0.5) is 0 Å². The summed E-state index contributed by atoms with van der Waals surface area (Å²) in [6.07, 6.45) is 2.52. The minimum absolute atomic E-state index is 0. The predicted octanol–water partition coefficient (Wildman–Crippen LogP) is 1.93. The first-order valence-corrected chi connectivity index (χ1v) is 7.12. The van der Waals surface area contributed by atoms with E-state index in [4.69, 9.17) is 0 Å². The maximum Gasteiger partial charge on any atom is 0.214 e. The monoisotopic (exact) mass is 297 g/mol. The summed E-state index contributed by atoms with van der Waals surface area (Å²) >= 11 is 1.71. The molecule has 0 spiro atoms. The van der Waals surface area contributed by atoms with Crippen molar-refractivity contribution in [2.75, 3.05) is 12.3 Å². The summed E-state index contributed by atoms with van der Waals surface area (Å²) in [5.41, 5.74) is 1.00. The van der Waals surface area contributed by atoms with Crippen LogP contribution >= 0.6 is 24.2 Å². The molecule has 1 aromatic carbocycles. The highest BCUT2D eigenvalue weighted by molar-refractivity contribution is 7.99. The topological polar surface area (TPSA) is 55.6 Å². The minimum atomic E-state index is 0. The number of nitrogens with one attached hydrogen (secondary N) is 1. The molecule has 0 aliphatic carbocycles. The lowest BCUT2D eigenvalue weighted by atomic mass is 10.3. The van der Waals surface area contributed by atoms with Gasteiger partial charge in [-0.3, -0.25) is 0 Å². The number of benzene rings is 1. The average molecular weight is 298 g/mol. The third-order valence-electron chi connectivity index (χ3n) is 3.02. The van der Waals surface area contributed by atoms with E-state index in [2.05, 4.69) is 20.8 Å². The van der Waals surface area contributed by atoms with Crippen molar-refractivity contribution in [1.29, 1.82) is 0 Å². The second-order valence-electron chi connectivity index (χ2n) is 4.31. The Morgan fingerprint density at radius 1 is 1.32 bits per heavy atom. The van der Waals surface area contributed by atoms with Crippen molar-refractivity contribution >= 4 is 24.2 Å². The molecule has 0 bridgehead atoms. The van der Waals surface area contributed by atoms with Gasteiger partial charge in [-0.15, -0.1) is 17.5 Å². The zero-order chi connectivity index (χ0) is 12.2. The minimum Gasteiger partial charge on any atom is -0.313 e. The number of halogens is 1. The van der Waals surface area contributed by atoms with Gasteiger partial charge in [0.05, 0.1) is 5.69 Å². The molecule has 102 valence electrons. The largest absolute Gasteiger partial charge is 0.313 e. The zero-order valence-corrected chi connectivity index (χ0v) is 12.0. The molecule has 1 atom stereocenters. The number of thioether (sulfide) groups is 1. The summed E-state index contributed by atoms with van der Waals surface area (Å²) < 4.78 is 1.79. The Hall–Kier alpha value is -1.11. The Morgan fingerprint density at radius 2 is 2.16 bits per heavy atom. The van der Waals surface area contributed by atoms with E-state index in [0.717, 1.165) is 23.1 Å². The molecule has 2 heterocycles. The molecule has 1 aromatic heterocycles. The first-order valence-electron chi connectivity index (χ1n) is 6.13. The number of hydrogen-bond acceptors (Lipinski definition) is 5. The molecule has 1 aliphatic heterocycles. The van der Waals surface area contributed by atoms with Crippen LogP contribution in [0.5, 0.6) is 0 Å². The highest BCUT2D eigenvalue weighted by atomic mass is 35.5. The zero-order valence-electron chi connectivity index (χ0n) is 10.4. The summed E-state index contributed by atoms with van der Waals surface area (Å²) in [6.45, 7) is 1.13. The van der Waals surface area contributed by atoms with Gasteiger partial charge >= 0.3 is 0 Å². The summed E-state index contributed by atoms with van der Waals surface area (Å²) in [6, 6.07) is 10.6. The molecule has 1 fully saturated rings. The van der Waals surface area contributed by atoms with Gasteiger partial charge in [0, 0.05) is 11.8 Å². The van der Waals surface area contributed by atoms with Crippen LogP contribution in [0, 0.1) is 0 Å². The lowest BCUT2D eigenvalue weighted by Crippen LogP contribution is -2.23. The van der Waals surface area contributed by atoms with Crippen molar-refractivity contribution in [1.82, 2.24) is 25.5 Å². The Morgan fingerprint density at radius 3 is 2.89 bits per heavy atom. The summed E-state index contributed by atoms with van der Waals surface area (Å²) in [5, 5.41) is 16.2. The van der Waals surface area contributed by atoms with Gasteiger partial charge in [-0.25, -0.2) is 0 Å². The number of para-hydroxylation sites is 1. The van der Waals surface area contributed by atoms with Crippen molar-refractivity contribution in [2.45, 2.75) is 24.0 Å². The summed E-state index contributed by atoms with van der Waals surface area (Å²) in [5.74, 6) is 1.02. The maximum absolute atomic E-state index is 4.09. The van der Waals surface area contributed by atoms with Gasteiger partial charge in [-0.05, 0) is 41.9 Å². The second-order valence-corrected chi connectivity index (χ2v) is 5.30. The van der Waals surface area contributed by atoms with Crippen LogP contribution in [0.15, 0.2) is 35.5 Å². The highest BCUT2D eigenvalue weighted by Gasteiger charge is 2.16. The van der Waals surface area contributed by atoms with Gasteiger partial charge < -0.3 is 5.32 Å². The summed E-state index contributed by atoms with van der Waals surface area (Å²) in [7, 11) is 0. The van der Waals surface area contributed by atoms with Gasteiger partial charge in [-0.2, -0.15) is 4.68 Å². The fraction of sp³-hybridized carbons (Fsp3) is 0.417. The molecule has 1 N–H and O–H groups in total. The standard InChI is InChI=1S/C12H15N5S.ClH/c1-2-6-11(7-3-1)17-12(14-15-16-17)18-9-10-5-4-8-13-10;/h1-3,6-7,10,13H,4-5,8-9H2;1H. The van der Waals surface area contributed by atoms with Crippen molar-refractivity contribution < 1.29 is 0 Å². The van der Waals surface area contributed by atoms with E-state index in [1.54, 1.807) is 16.4 Å². The maximum atomic E-state index is 4.09. The van der Waals surface area contributed by atoms with Gasteiger partial charge in [0.15, 0.2) is 0 Å². The van der Waals surface area contributed by atoms with E-state index in [-0.39, 0.29) is 12.4 Å². The van der Waals surface area contributed by atoms with E-state index in [0.29, 0.717) is 6.04 Å². The third kappa shape index (κ3) is 3.46. The van der Waals surface area contributed by atoms with Crippen LogP contribution in [-0.4, -0.2) is 38.5 Å². The fourth-order valence-electron chi connectivity index (χ4n) is 2.07. The van der Waals surface area contributed by atoms with E-state index < -0.39 is 0 Å². The molecule has 0 amide bonds. The van der Waals surface area contributed by atoms with E-state index >= 15 is 0 Å². The number of nitrogens with zero attached hydrogens (tertiary/aromatic N) is 4. The molecule has 0 saturated carbocycles. The van der Waals surface area contributed by atoms with Crippen molar-refractivity contribution in [3.8, 4) is 5.69 Å². The molecule has 2 aromatic rings. The van der Waals surface area contributed by atoms with Gasteiger partial charge in [0.1, 0.15) is 0 Å². The predicted molar refractivity (Wildman–Crippen MR) is 78.2 cm³/mol. The van der Waals surface area contributed by atoms with Crippen LogP contribution < -0.4 is 5.32 Å². The van der Waals surface area contributed by atoms with Gasteiger partial charge in [0.2, 0.25) is 5.16 Å². The number of tetrazole rings is 1. The fourth-order valence-corrected chi connectivity index (χ4v) is 3.07. The van der Waals surface area contributed by atoms with Gasteiger partial charge in [-0.1, -0.05) is 30.0 Å². The quantitative estimate of drug-likeness (QED) is 0.874. The Labute approximate surface area is 122 Å². The third-order valence-corrected chi connectivity index (χ3v) is 4.10. The second kappa shape index (κ2) is 6.88. The molecule has 7 heteroatoms. The molecule has 3 rings (SSSR count). The molecule has 0 radical (unpaired) electrons. The van der Waals surface area contributed by atoms with Crippen LogP contribution in [0.25, 0.3) is 5.69 Å². The average Bonchev–Trinajstić information content (AvgIpc) is 3.09. The molecule has 1 unspecified atom stereocenters. The molecule has 1 aliphatic rings. The Kier molecular flexibility index (Phi) is 5.18. The van der Waals surface area contributed by atoms with E-state index in [1.807, 2.05) is 30.3 Å². The van der Waals surface area contributed by atoms with Crippen LogP contribution in [0.1, 0.15) is 12.8 Å². The Balaban J connectivity index is 0.00000133. The molecule has 1 saturated heterocycles. The van der Waals surface area contributed by atoms with Crippen LogP contribution in [-0.2, 0) is 0 Å². The Bertz CT molecular complexity index is 498. The van der Waals surface area contributed by atoms with Crippen LogP contribution in [0.2, 0.25) is 0 Å². The first kappa shape index (κ1) is 14.3. The SMILES string of the molecule is Cl.c1ccc(-n2nnnc2SCC2CCCN2)cc1. The van der Waals surface area contributed by atoms with E-state index in [1.165, 1.54) is 12.8 Å². The number of aromatic nitrogens is 4. The lowest BCUT2D eigenvalue weighted by Gasteiger charge is -2.08. The first-order chi connectivity index (χ1) is 8.93. The lowest BCUT2D eigenvalue weighted by molar-refractivity contribution is 0.671. The normalized spacial score (nSPS) is 18.2. The molecular weight excluding hydrogens is 282 g/mol. The molecular formula is C12H16ClN5S. The number of hydrogen-bond donors (Lipinski definition) is 1. The smallest absolute Gasteiger partial charge is 0.214 e. The van der Waals surface area contributed by atoms with Crippen molar-refractivity contribution in [3.05, 3.63) is 30.3 Å². The van der Waals surface area contributed by atoms with Gasteiger partial charge in [0.25, 0.3) is 0 Å².